The number of hydrogen-bond donors (Lipinski definition) is 2. The predicted octanol–water partition coefficient (Wildman–Crippen LogP) is 5.15. The number of ketones is 1. The Kier molecular flexibility index (Phi) is 5.30. The van der Waals surface area contributed by atoms with Crippen molar-refractivity contribution in [2.75, 3.05) is 23.3 Å². The Labute approximate surface area is 177 Å². The highest BCUT2D eigenvalue weighted by Gasteiger charge is 2.22. The second-order valence-electron chi connectivity index (χ2n) is 6.83. The van der Waals surface area contributed by atoms with Crippen LogP contribution < -0.4 is 10.2 Å². The molecule has 8 heteroatoms. The molecule has 1 saturated heterocycles. The van der Waals surface area contributed by atoms with Crippen LogP contribution in [0.25, 0.3) is 10.9 Å². The van der Waals surface area contributed by atoms with Gasteiger partial charge in [-0.3, -0.25) is 9.78 Å². The molecule has 148 valence electrons. The van der Waals surface area contributed by atoms with Gasteiger partial charge < -0.3 is 15.3 Å². The molecule has 0 spiro atoms. The number of Topliss-reactive ketones (excluding diaryl/α,β-unsaturated/α-hetero) is 1. The Morgan fingerprint density at radius 2 is 1.76 bits per heavy atom. The minimum absolute atomic E-state index is 0.0595. The van der Waals surface area contributed by atoms with Crippen molar-refractivity contribution in [2.45, 2.75) is 12.8 Å². The van der Waals surface area contributed by atoms with Gasteiger partial charge in [-0.05, 0) is 36.4 Å². The number of aromatic nitrogens is 1. The van der Waals surface area contributed by atoms with Crippen LogP contribution in [0, 0.1) is 0 Å². The molecule has 2 aromatic carbocycles. The van der Waals surface area contributed by atoms with Crippen molar-refractivity contribution in [3.63, 3.8) is 0 Å². The number of nitrogens with one attached hydrogen (secondary N) is 1. The van der Waals surface area contributed by atoms with E-state index >= 15 is 0 Å². The lowest BCUT2D eigenvalue weighted by atomic mass is 10.1. The number of piperidine rings is 1. The molecule has 0 saturated carbocycles. The number of halogens is 2. The Morgan fingerprint density at radius 1 is 1.07 bits per heavy atom. The summed E-state index contributed by atoms with van der Waals surface area (Å²) in [5.74, 6) is -0.852. The summed E-state index contributed by atoms with van der Waals surface area (Å²) in [7, 11) is 0. The molecule has 0 bridgehead atoms. The second kappa shape index (κ2) is 7.89. The first-order valence-electron chi connectivity index (χ1n) is 9.07. The molecule has 6 nitrogen and oxygen atoms in total. The smallest absolute Gasteiger partial charge is 0.337 e. The minimum atomic E-state index is -1.09. The average molecular weight is 430 g/mol. The summed E-state index contributed by atoms with van der Waals surface area (Å²) >= 11 is 12.2. The van der Waals surface area contributed by atoms with Gasteiger partial charge in [0, 0.05) is 41.4 Å². The molecule has 1 aliphatic rings. The van der Waals surface area contributed by atoms with E-state index in [0.29, 0.717) is 47.4 Å². The van der Waals surface area contributed by atoms with E-state index in [-0.39, 0.29) is 11.3 Å². The van der Waals surface area contributed by atoms with Crippen LogP contribution in [0.2, 0.25) is 10.0 Å². The summed E-state index contributed by atoms with van der Waals surface area (Å²) in [6, 6.07) is 10.0. The van der Waals surface area contributed by atoms with Crippen molar-refractivity contribution in [1.29, 1.82) is 0 Å². The minimum Gasteiger partial charge on any atom is -0.478 e. The Morgan fingerprint density at radius 3 is 2.48 bits per heavy atom. The number of pyridine rings is 1. The van der Waals surface area contributed by atoms with Crippen LogP contribution in [0.1, 0.15) is 23.2 Å². The Balaban J connectivity index is 1.87. The van der Waals surface area contributed by atoms with Crippen LogP contribution in [-0.4, -0.2) is 34.9 Å². The maximum absolute atomic E-state index is 11.7. The summed E-state index contributed by atoms with van der Waals surface area (Å²) in [5, 5.41) is 14.5. The molecule has 2 heterocycles. The summed E-state index contributed by atoms with van der Waals surface area (Å²) in [6.45, 7) is 1.15. The van der Waals surface area contributed by atoms with Crippen molar-refractivity contribution in [3.8, 4) is 0 Å². The first-order chi connectivity index (χ1) is 13.9. The van der Waals surface area contributed by atoms with Crippen LogP contribution >= 0.6 is 23.2 Å². The lowest BCUT2D eigenvalue weighted by molar-refractivity contribution is -0.119. The number of rotatable bonds is 4. The third kappa shape index (κ3) is 3.99. The number of carboxylic acid groups (broad SMARTS) is 1. The summed E-state index contributed by atoms with van der Waals surface area (Å²) in [5.41, 5.74) is 2.67. The normalized spacial score (nSPS) is 14.3. The number of aromatic carboxylic acids is 1. The molecule has 1 aromatic heterocycles. The maximum Gasteiger partial charge on any atom is 0.337 e. The molecule has 4 rings (SSSR count). The first-order valence-corrected chi connectivity index (χ1v) is 9.83. The van der Waals surface area contributed by atoms with Crippen molar-refractivity contribution in [1.82, 2.24) is 4.98 Å². The summed E-state index contributed by atoms with van der Waals surface area (Å²) < 4.78 is 0. The molecule has 0 aliphatic carbocycles. The van der Waals surface area contributed by atoms with Crippen LogP contribution in [-0.2, 0) is 4.79 Å². The fraction of sp³-hybridized carbons (Fsp3) is 0.190. The van der Waals surface area contributed by atoms with Gasteiger partial charge in [-0.25, -0.2) is 4.79 Å². The highest BCUT2D eigenvalue weighted by molar-refractivity contribution is 6.32. The number of nitrogens with zero attached hydrogens (tertiary/aromatic N) is 2. The fourth-order valence-electron chi connectivity index (χ4n) is 3.46. The van der Waals surface area contributed by atoms with Crippen LogP contribution in [0.4, 0.5) is 17.1 Å². The number of carboxylic acids is 1. The second-order valence-corrected chi connectivity index (χ2v) is 7.70. The summed E-state index contributed by atoms with van der Waals surface area (Å²) in [4.78, 5) is 30.0. The topological polar surface area (TPSA) is 82.5 Å². The standard InChI is InChI=1S/C21H17Cl2N3O3/c22-12-1-3-17-15(9-12)20(19(11-24-17)26-7-5-14(27)6-8-26)25-18-4-2-13(23)10-16(18)21(28)29/h1-4,9-11H,5-8H2,(H,24,25)(H,28,29). The highest BCUT2D eigenvalue weighted by Crippen LogP contribution is 2.38. The fourth-order valence-corrected chi connectivity index (χ4v) is 3.80. The molecule has 29 heavy (non-hydrogen) atoms. The zero-order chi connectivity index (χ0) is 20.5. The summed E-state index contributed by atoms with van der Waals surface area (Å²) in [6.07, 6.45) is 2.67. The molecule has 0 atom stereocenters. The van der Waals surface area contributed by atoms with Crippen LogP contribution in [0.15, 0.2) is 42.6 Å². The average Bonchev–Trinajstić information content (AvgIpc) is 2.70. The molecular formula is C21H17Cl2N3O3. The molecule has 0 amide bonds. The highest BCUT2D eigenvalue weighted by atomic mass is 35.5. The number of benzene rings is 2. The number of carbonyl (C=O) groups excluding carboxylic acids is 1. The van der Waals surface area contributed by atoms with Gasteiger partial charge in [-0.2, -0.15) is 0 Å². The Bertz CT molecular complexity index is 1120. The number of carbonyl (C=O) groups is 2. The van der Waals surface area contributed by atoms with E-state index in [2.05, 4.69) is 15.2 Å². The molecule has 1 fully saturated rings. The van der Waals surface area contributed by atoms with E-state index in [1.807, 2.05) is 6.07 Å². The van der Waals surface area contributed by atoms with Gasteiger partial charge in [-0.1, -0.05) is 23.2 Å². The van der Waals surface area contributed by atoms with Gasteiger partial charge in [-0.15, -0.1) is 0 Å². The number of fused-ring (bicyclic) bond motifs is 1. The van der Waals surface area contributed by atoms with Gasteiger partial charge in [0.1, 0.15) is 5.78 Å². The van der Waals surface area contributed by atoms with Gasteiger partial charge in [0.2, 0.25) is 0 Å². The first kappa shape index (κ1) is 19.5. The van der Waals surface area contributed by atoms with Crippen LogP contribution in [0.3, 0.4) is 0 Å². The zero-order valence-electron chi connectivity index (χ0n) is 15.3. The van der Waals surface area contributed by atoms with E-state index in [0.717, 1.165) is 16.6 Å². The van der Waals surface area contributed by atoms with E-state index < -0.39 is 5.97 Å². The van der Waals surface area contributed by atoms with Crippen molar-refractivity contribution in [3.05, 3.63) is 58.2 Å². The van der Waals surface area contributed by atoms with Crippen molar-refractivity contribution < 1.29 is 14.7 Å². The monoisotopic (exact) mass is 429 g/mol. The van der Waals surface area contributed by atoms with Crippen LogP contribution in [0.5, 0.6) is 0 Å². The van der Waals surface area contributed by atoms with Gasteiger partial charge in [0.25, 0.3) is 0 Å². The number of anilines is 3. The zero-order valence-corrected chi connectivity index (χ0v) is 16.8. The predicted molar refractivity (Wildman–Crippen MR) is 115 cm³/mol. The molecule has 0 radical (unpaired) electrons. The Hall–Kier alpha value is -2.83. The lowest BCUT2D eigenvalue weighted by Gasteiger charge is -2.30. The van der Waals surface area contributed by atoms with Gasteiger partial charge in [0.15, 0.2) is 0 Å². The van der Waals surface area contributed by atoms with Crippen molar-refractivity contribution >= 4 is 62.9 Å². The van der Waals surface area contributed by atoms with E-state index in [1.54, 1.807) is 30.5 Å². The molecule has 1 aliphatic heterocycles. The third-order valence-corrected chi connectivity index (χ3v) is 5.41. The molecule has 0 unspecified atom stereocenters. The van der Waals surface area contributed by atoms with E-state index in [4.69, 9.17) is 23.2 Å². The van der Waals surface area contributed by atoms with E-state index in [9.17, 15) is 14.7 Å². The van der Waals surface area contributed by atoms with Gasteiger partial charge in [0.05, 0.1) is 34.3 Å². The largest absolute Gasteiger partial charge is 0.478 e. The number of hydrogen-bond acceptors (Lipinski definition) is 5. The SMILES string of the molecule is O=C1CCN(c2cnc3ccc(Cl)cc3c2Nc2ccc(Cl)cc2C(=O)O)CC1. The molecular weight excluding hydrogens is 413 g/mol. The van der Waals surface area contributed by atoms with Gasteiger partial charge >= 0.3 is 5.97 Å². The van der Waals surface area contributed by atoms with Crippen molar-refractivity contribution in [2.24, 2.45) is 0 Å². The quantitative estimate of drug-likeness (QED) is 0.596. The molecule has 3 aromatic rings. The molecule has 2 N–H and O–H groups in total. The maximum atomic E-state index is 11.7. The third-order valence-electron chi connectivity index (χ3n) is 4.94. The van der Waals surface area contributed by atoms with E-state index in [1.165, 1.54) is 6.07 Å². The lowest BCUT2D eigenvalue weighted by Crippen LogP contribution is -2.34.